The average Bonchev–Trinajstić information content (AvgIpc) is 2.61. The van der Waals surface area contributed by atoms with Crippen molar-refractivity contribution >= 4 is 12.6 Å². The van der Waals surface area contributed by atoms with Crippen molar-refractivity contribution < 1.29 is 0 Å². The minimum atomic E-state index is 0.997. The number of thiol groups is 1. The van der Waals surface area contributed by atoms with Crippen molar-refractivity contribution in [1.29, 1.82) is 0 Å². The zero-order valence-electron chi connectivity index (χ0n) is 7.92. The highest BCUT2D eigenvalue weighted by atomic mass is 32.1. The van der Waals surface area contributed by atoms with E-state index in [1.165, 1.54) is 37.7 Å². The molecule has 0 nitrogen and oxygen atoms in total. The van der Waals surface area contributed by atoms with Gasteiger partial charge in [0, 0.05) is 0 Å². The van der Waals surface area contributed by atoms with Crippen LogP contribution in [0.3, 0.4) is 0 Å². The lowest BCUT2D eigenvalue weighted by atomic mass is 10.0. The highest BCUT2D eigenvalue weighted by molar-refractivity contribution is 7.80. The van der Waals surface area contributed by atoms with Crippen LogP contribution in [0.1, 0.15) is 29.5 Å². The number of hydrogen-bond acceptors (Lipinski definition) is 1. The summed E-state index contributed by atoms with van der Waals surface area (Å²) in [4.78, 5) is 0. The first-order chi connectivity index (χ1) is 6.40. The zero-order valence-corrected chi connectivity index (χ0v) is 8.82. The summed E-state index contributed by atoms with van der Waals surface area (Å²) < 4.78 is 0. The molecule has 0 radical (unpaired) electrons. The van der Waals surface area contributed by atoms with Crippen LogP contribution < -0.4 is 0 Å². The Labute approximate surface area is 85.8 Å². The van der Waals surface area contributed by atoms with E-state index >= 15 is 0 Å². The summed E-state index contributed by atoms with van der Waals surface area (Å²) in [6.45, 7) is 0. The topological polar surface area (TPSA) is 0 Å². The molecule has 13 heavy (non-hydrogen) atoms. The van der Waals surface area contributed by atoms with Gasteiger partial charge in [0.1, 0.15) is 0 Å². The van der Waals surface area contributed by atoms with Crippen molar-refractivity contribution in [2.45, 2.75) is 32.1 Å². The number of fused-ring (bicyclic) bond motifs is 1. The van der Waals surface area contributed by atoms with Gasteiger partial charge < -0.3 is 0 Å². The van der Waals surface area contributed by atoms with Gasteiger partial charge in [0.25, 0.3) is 0 Å². The second kappa shape index (κ2) is 4.19. The van der Waals surface area contributed by atoms with E-state index in [1.807, 2.05) is 0 Å². The summed E-state index contributed by atoms with van der Waals surface area (Å²) in [5.74, 6) is 0.997. The molecule has 0 aliphatic heterocycles. The Hall–Kier alpha value is -0.430. The smallest absolute Gasteiger partial charge is 0.00947 e. The van der Waals surface area contributed by atoms with Gasteiger partial charge in [0.05, 0.1) is 0 Å². The van der Waals surface area contributed by atoms with Crippen LogP contribution in [0.4, 0.5) is 0 Å². The van der Waals surface area contributed by atoms with Gasteiger partial charge in [-0.25, -0.2) is 0 Å². The van der Waals surface area contributed by atoms with Crippen LogP contribution in [0.5, 0.6) is 0 Å². The van der Waals surface area contributed by atoms with Gasteiger partial charge in [0.2, 0.25) is 0 Å². The number of rotatable bonds is 3. The molecule has 0 atom stereocenters. The van der Waals surface area contributed by atoms with Gasteiger partial charge in [-0.05, 0) is 54.5 Å². The normalized spacial score (nSPS) is 14.5. The van der Waals surface area contributed by atoms with Crippen LogP contribution in [0, 0.1) is 0 Å². The minimum Gasteiger partial charge on any atom is -0.179 e. The quantitative estimate of drug-likeness (QED) is 0.699. The molecule has 0 fully saturated rings. The van der Waals surface area contributed by atoms with Crippen LogP contribution in [0.25, 0.3) is 0 Å². The Bertz CT molecular complexity index is 291. The fourth-order valence-corrected chi connectivity index (χ4v) is 2.22. The second-order valence-electron chi connectivity index (χ2n) is 3.78. The summed E-state index contributed by atoms with van der Waals surface area (Å²) >= 11 is 4.23. The number of aryl methyl sites for hydroxylation is 3. The molecule has 0 heterocycles. The first kappa shape index (κ1) is 9.14. The molecule has 0 amide bonds. The third-order valence-electron chi connectivity index (χ3n) is 2.79. The van der Waals surface area contributed by atoms with Crippen molar-refractivity contribution in [2.75, 3.05) is 5.75 Å². The molecule has 70 valence electrons. The largest absolute Gasteiger partial charge is 0.179 e. The Kier molecular flexibility index (Phi) is 2.94. The van der Waals surface area contributed by atoms with Gasteiger partial charge >= 0.3 is 0 Å². The third-order valence-corrected chi connectivity index (χ3v) is 3.10. The molecular weight excluding hydrogens is 176 g/mol. The van der Waals surface area contributed by atoms with Gasteiger partial charge in [-0.1, -0.05) is 18.2 Å². The molecule has 0 bridgehead atoms. The van der Waals surface area contributed by atoms with E-state index in [2.05, 4.69) is 30.8 Å². The van der Waals surface area contributed by atoms with E-state index in [1.54, 1.807) is 11.1 Å². The lowest BCUT2D eigenvalue weighted by molar-refractivity contribution is 0.909. The van der Waals surface area contributed by atoms with Crippen LogP contribution in [0.15, 0.2) is 18.2 Å². The summed E-state index contributed by atoms with van der Waals surface area (Å²) in [7, 11) is 0. The van der Waals surface area contributed by atoms with Crippen molar-refractivity contribution in [1.82, 2.24) is 0 Å². The average molecular weight is 192 g/mol. The van der Waals surface area contributed by atoms with Crippen molar-refractivity contribution in [3.05, 3.63) is 34.9 Å². The molecule has 0 saturated carbocycles. The first-order valence-electron chi connectivity index (χ1n) is 5.11. The predicted molar refractivity (Wildman–Crippen MR) is 60.6 cm³/mol. The van der Waals surface area contributed by atoms with E-state index < -0.39 is 0 Å². The molecule has 1 aromatic carbocycles. The Morgan fingerprint density at radius 2 is 2.00 bits per heavy atom. The van der Waals surface area contributed by atoms with E-state index in [9.17, 15) is 0 Å². The summed E-state index contributed by atoms with van der Waals surface area (Å²) in [5, 5.41) is 0. The van der Waals surface area contributed by atoms with Crippen molar-refractivity contribution in [2.24, 2.45) is 0 Å². The number of benzene rings is 1. The lowest BCUT2D eigenvalue weighted by Gasteiger charge is -2.03. The molecule has 0 spiro atoms. The Morgan fingerprint density at radius 1 is 1.15 bits per heavy atom. The van der Waals surface area contributed by atoms with Crippen molar-refractivity contribution in [3.8, 4) is 0 Å². The highest BCUT2D eigenvalue weighted by Gasteiger charge is 2.10. The standard InChI is InChI=1S/C12H16S/c13-8-2-3-10-6-7-11-4-1-5-12(11)9-10/h6-7,9,13H,1-5,8H2. The fourth-order valence-electron chi connectivity index (χ4n) is 2.06. The zero-order chi connectivity index (χ0) is 9.10. The molecule has 0 saturated heterocycles. The van der Waals surface area contributed by atoms with E-state index in [-0.39, 0.29) is 0 Å². The molecular formula is C12H16S. The molecule has 0 N–H and O–H groups in total. The monoisotopic (exact) mass is 192 g/mol. The third kappa shape index (κ3) is 2.08. The van der Waals surface area contributed by atoms with Crippen LogP contribution in [0.2, 0.25) is 0 Å². The summed E-state index contributed by atoms with van der Waals surface area (Å²) in [5.41, 5.74) is 4.67. The van der Waals surface area contributed by atoms with Crippen LogP contribution >= 0.6 is 12.6 Å². The molecule has 1 heteroatoms. The summed E-state index contributed by atoms with van der Waals surface area (Å²) in [6.07, 6.45) is 6.33. The van der Waals surface area contributed by atoms with Gasteiger partial charge in [-0.2, -0.15) is 12.6 Å². The lowest BCUT2D eigenvalue weighted by Crippen LogP contribution is -1.89. The maximum absolute atomic E-state index is 4.23. The molecule has 0 unspecified atom stereocenters. The SMILES string of the molecule is SCCCc1ccc2c(c1)CCC2. The maximum Gasteiger partial charge on any atom is -0.00947 e. The van der Waals surface area contributed by atoms with E-state index in [0.29, 0.717) is 0 Å². The van der Waals surface area contributed by atoms with E-state index in [4.69, 9.17) is 0 Å². The fraction of sp³-hybridized carbons (Fsp3) is 0.500. The Balaban J connectivity index is 2.12. The first-order valence-corrected chi connectivity index (χ1v) is 5.75. The van der Waals surface area contributed by atoms with Crippen LogP contribution in [-0.2, 0) is 19.3 Å². The summed E-state index contributed by atoms with van der Waals surface area (Å²) in [6, 6.07) is 7.00. The molecule has 2 rings (SSSR count). The maximum atomic E-state index is 4.23. The predicted octanol–water partition coefficient (Wildman–Crippen LogP) is 3.04. The van der Waals surface area contributed by atoms with Gasteiger partial charge in [-0.15, -0.1) is 0 Å². The van der Waals surface area contributed by atoms with Crippen molar-refractivity contribution in [3.63, 3.8) is 0 Å². The van der Waals surface area contributed by atoms with Crippen LogP contribution in [-0.4, -0.2) is 5.75 Å². The number of hydrogen-bond donors (Lipinski definition) is 1. The molecule has 1 aliphatic rings. The van der Waals surface area contributed by atoms with Gasteiger partial charge in [-0.3, -0.25) is 0 Å². The molecule has 1 aliphatic carbocycles. The molecule has 0 aromatic heterocycles. The highest BCUT2D eigenvalue weighted by Crippen LogP contribution is 2.23. The Morgan fingerprint density at radius 3 is 2.85 bits per heavy atom. The second-order valence-corrected chi connectivity index (χ2v) is 4.23. The molecule has 1 aromatic rings. The minimum absolute atomic E-state index is 0.997. The van der Waals surface area contributed by atoms with E-state index in [0.717, 1.165) is 5.75 Å². The van der Waals surface area contributed by atoms with Gasteiger partial charge in [0.15, 0.2) is 0 Å².